The summed E-state index contributed by atoms with van der Waals surface area (Å²) in [6.45, 7) is 0.462. The Morgan fingerprint density at radius 3 is 2.48 bits per heavy atom. The minimum Gasteiger partial charge on any atom is -0.334 e. The Balaban J connectivity index is 1.33. The van der Waals surface area contributed by atoms with Gasteiger partial charge in [-0.3, -0.25) is 4.98 Å². The second-order valence-corrected chi connectivity index (χ2v) is 7.23. The zero-order chi connectivity index (χ0) is 18.5. The van der Waals surface area contributed by atoms with Gasteiger partial charge in [0.05, 0.1) is 15.2 Å². The molecule has 0 unspecified atom stereocenters. The predicted octanol–water partition coefficient (Wildman–Crippen LogP) is 4.60. The van der Waals surface area contributed by atoms with Gasteiger partial charge < -0.3 is 10.6 Å². The summed E-state index contributed by atoms with van der Waals surface area (Å²) in [5.74, 6) is 0. The highest BCUT2D eigenvalue weighted by atomic mass is 32.1. The second-order valence-electron chi connectivity index (χ2n) is 6.11. The van der Waals surface area contributed by atoms with Crippen LogP contribution in [0.3, 0.4) is 0 Å². The number of nitrogens with one attached hydrogen (secondary N) is 2. The van der Waals surface area contributed by atoms with E-state index in [0.29, 0.717) is 6.54 Å². The maximum atomic E-state index is 12.0. The maximum Gasteiger partial charge on any atom is 0.319 e. The number of carbonyl (C=O) groups excluding carboxylic acids is 1. The third-order valence-electron chi connectivity index (χ3n) is 4.11. The number of urea groups is 1. The van der Waals surface area contributed by atoms with Crippen LogP contribution in [0, 0.1) is 0 Å². The lowest BCUT2D eigenvalue weighted by molar-refractivity contribution is 0.251. The van der Waals surface area contributed by atoms with Crippen molar-refractivity contribution in [3.63, 3.8) is 0 Å². The number of carbonyl (C=O) groups is 1. The van der Waals surface area contributed by atoms with E-state index in [-0.39, 0.29) is 6.03 Å². The van der Waals surface area contributed by atoms with Gasteiger partial charge in [-0.25, -0.2) is 9.78 Å². The van der Waals surface area contributed by atoms with Gasteiger partial charge >= 0.3 is 6.03 Å². The monoisotopic (exact) mass is 374 g/mol. The van der Waals surface area contributed by atoms with Gasteiger partial charge in [0, 0.05) is 31.0 Å². The molecule has 0 saturated heterocycles. The first-order chi connectivity index (χ1) is 13.3. The van der Waals surface area contributed by atoms with E-state index in [1.54, 1.807) is 23.7 Å². The van der Waals surface area contributed by atoms with Gasteiger partial charge in [0.15, 0.2) is 0 Å². The maximum absolute atomic E-state index is 12.0. The topological polar surface area (TPSA) is 66.9 Å². The lowest BCUT2D eigenvalue weighted by Gasteiger charge is -2.08. The molecule has 4 rings (SSSR count). The fourth-order valence-electron chi connectivity index (χ4n) is 2.73. The summed E-state index contributed by atoms with van der Waals surface area (Å²) in [6, 6.07) is 19.5. The highest BCUT2D eigenvalue weighted by Crippen LogP contribution is 2.24. The number of pyridine rings is 1. The average molecular weight is 374 g/mol. The molecule has 0 saturated carbocycles. The van der Waals surface area contributed by atoms with Gasteiger partial charge in [0.2, 0.25) is 0 Å². The number of anilines is 1. The number of aromatic nitrogens is 2. The van der Waals surface area contributed by atoms with Crippen LogP contribution in [0.5, 0.6) is 0 Å². The van der Waals surface area contributed by atoms with Crippen molar-refractivity contribution in [1.29, 1.82) is 0 Å². The largest absolute Gasteiger partial charge is 0.334 e. The molecule has 0 bridgehead atoms. The molecule has 0 radical (unpaired) electrons. The van der Waals surface area contributed by atoms with Gasteiger partial charge in [-0.2, -0.15) is 0 Å². The highest BCUT2D eigenvalue weighted by Gasteiger charge is 2.06. The van der Waals surface area contributed by atoms with Gasteiger partial charge in [0.1, 0.15) is 0 Å². The molecule has 134 valence electrons. The number of rotatable bonds is 5. The average Bonchev–Trinajstić information content (AvgIpc) is 3.11. The molecule has 2 aromatic heterocycles. The van der Waals surface area contributed by atoms with Crippen LogP contribution in [0.1, 0.15) is 16.1 Å². The van der Waals surface area contributed by atoms with E-state index in [1.165, 1.54) is 4.70 Å². The summed E-state index contributed by atoms with van der Waals surface area (Å²) in [6.07, 6.45) is 4.20. The summed E-state index contributed by atoms with van der Waals surface area (Å²) >= 11 is 1.72. The molecular formula is C21H18N4OS. The van der Waals surface area contributed by atoms with E-state index in [2.05, 4.69) is 26.7 Å². The summed E-state index contributed by atoms with van der Waals surface area (Å²) in [5.41, 5.74) is 3.97. The third-order valence-corrected chi connectivity index (χ3v) is 5.14. The van der Waals surface area contributed by atoms with Gasteiger partial charge in [-0.15, -0.1) is 11.3 Å². The van der Waals surface area contributed by atoms with E-state index < -0.39 is 0 Å². The van der Waals surface area contributed by atoms with E-state index in [1.807, 2.05) is 54.6 Å². The van der Waals surface area contributed by atoms with Gasteiger partial charge in [-0.1, -0.05) is 24.3 Å². The summed E-state index contributed by atoms with van der Waals surface area (Å²) in [5, 5.41) is 6.77. The van der Waals surface area contributed by atoms with Crippen LogP contribution in [0.15, 0.2) is 73.1 Å². The van der Waals surface area contributed by atoms with Crippen LogP contribution in [0.25, 0.3) is 10.2 Å². The summed E-state index contributed by atoms with van der Waals surface area (Å²) in [4.78, 5) is 20.6. The Morgan fingerprint density at radius 1 is 0.926 bits per heavy atom. The molecule has 6 heteroatoms. The van der Waals surface area contributed by atoms with Crippen LogP contribution in [0.2, 0.25) is 0 Å². The molecule has 2 heterocycles. The predicted molar refractivity (Wildman–Crippen MR) is 109 cm³/mol. The van der Waals surface area contributed by atoms with E-state index in [4.69, 9.17) is 0 Å². The number of hydrogen-bond donors (Lipinski definition) is 2. The fourth-order valence-corrected chi connectivity index (χ4v) is 3.74. The standard InChI is InChI=1S/C21H18N4OS/c26-21(23-14-16-9-11-22-12-10-16)24-17-7-5-15(6-8-17)13-20-25-18-3-1-2-4-19(18)27-20/h1-12H,13-14H2,(H2,23,24,26). The minimum atomic E-state index is -0.231. The minimum absolute atomic E-state index is 0.231. The molecule has 2 N–H and O–H groups in total. The summed E-state index contributed by atoms with van der Waals surface area (Å²) in [7, 11) is 0. The Hall–Kier alpha value is -3.25. The second kappa shape index (κ2) is 7.97. The molecule has 0 atom stereocenters. The molecule has 27 heavy (non-hydrogen) atoms. The number of thiazole rings is 1. The Bertz CT molecular complexity index is 1010. The Kier molecular flexibility index (Phi) is 5.07. The van der Waals surface area contributed by atoms with E-state index >= 15 is 0 Å². The molecule has 0 aliphatic heterocycles. The number of benzene rings is 2. The zero-order valence-electron chi connectivity index (χ0n) is 14.6. The first-order valence-electron chi connectivity index (χ1n) is 8.63. The van der Waals surface area contributed by atoms with Crippen molar-refractivity contribution in [2.75, 3.05) is 5.32 Å². The third kappa shape index (κ3) is 4.48. The smallest absolute Gasteiger partial charge is 0.319 e. The first-order valence-corrected chi connectivity index (χ1v) is 9.45. The molecule has 4 aromatic rings. The molecule has 0 spiro atoms. The van der Waals surface area contributed by atoms with Crippen molar-refractivity contribution in [3.8, 4) is 0 Å². The fraction of sp³-hybridized carbons (Fsp3) is 0.0952. The van der Waals surface area contributed by atoms with Crippen molar-refractivity contribution in [1.82, 2.24) is 15.3 Å². The van der Waals surface area contributed by atoms with Gasteiger partial charge in [-0.05, 0) is 47.5 Å². The van der Waals surface area contributed by atoms with Crippen LogP contribution < -0.4 is 10.6 Å². The lowest BCUT2D eigenvalue weighted by atomic mass is 10.1. The van der Waals surface area contributed by atoms with Crippen LogP contribution in [-0.4, -0.2) is 16.0 Å². The molecular weight excluding hydrogens is 356 g/mol. The van der Waals surface area contributed by atoms with Crippen LogP contribution >= 0.6 is 11.3 Å². The van der Waals surface area contributed by atoms with Crippen LogP contribution in [0.4, 0.5) is 10.5 Å². The van der Waals surface area contributed by atoms with Crippen molar-refractivity contribution in [2.24, 2.45) is 0 Å². The molecule has 2 aromatic carbocycles. The Morgan fingerprint density at radius 2 is 1.70 bits per heavy atom. The number of hydrogen-bond acceptors (Lipinski definition) is 4. The van der Waals surface area contributed by atoms with Crippen molar-refractivity contribution in [3.05, 3.63) is 89.2 Å². The molecule has 2 amide bonds. The van der Waals surface area contributed by atoms with Gasteiger partial charge in [0.25, 0.3) is 0 Å². The summed E-state index contributed by atoms with van der Waals surface area (Å²) < 4.78 is 1.21. The molecule has 0 fully saturated rings. The lowest BCUT2D eigenvalue weighted by Crippen LogP contribution is -2.28. The highest BCUT2D eigenvalue weighted by molar-refractivity contribution is 7.18. The number of para-hydroxylation sites is 1. The number of fused-ring (bicyclic) bond motifs is 1. The molecule has 0 aliphatic carbocycles. The van der Waals surface area contributed by atoms with Crippen molar-refractivity contribution in [2.45, 2.75) is 13.0 Å². The SMILES string of the molecule is O=C(NCc1ccncc1)Nc1ccc(Cc2nc3ccccc3s2)cc1. The number of amides is 2. The quantitative estimate of drug-likeness (QED) is 0.536. The van der Waals surface area contributed by atoms with Crippen molar-refractivity contribution >= 4 is 33.3 Å². The van der Waals surface area contributed by atoms with Crippen molar-refractivity contribution < 1.29 is 4.79 Å². The Labute approximate surface area is 161 Å². The zero-order valence-corrected chi connectivity index (χ0v) is 15.4. The molecule has 0 aliphatic rings. The molecule has 5 nitrogen and oxygen atoms in total. The number of nitrogens with zero attached hydrogens (tertiary/aromatic N) is 2. The van der Waals surface area contributed by atoms with Crippen LogP contribution in [-0.2, 0) is 13.0 Å². The van der Waals surface area contributed by atoms with E-state index in [9.17, 15) is 4.79 Å². The normalized spacial score (nSPS) is 10.7. The van der Waals surface area contributed by atoms with E-state index in [0.717, 1.165) is 33.8 Å². The first kappa shape index (κ1) is 17.2.